The molecule has 0 atom stereocenters. The third-order valence-electron chi connectivity index (χ3n) is 3.04. The van der Waals surface area contributed by atoms with Crippen LogP contribution in [0.1, 0.15) is 26.3 Å². The normalized spacial score (nSPS) is 11.2. The van der Waals surface area contributed by atoms with Gasteiger partial charge in [0.15, 0.2) is 0 Å². The Labute approximate surface area is 128 Å². The third-order valence-corrected chi connectivity index (χ3v) is 3.79. The van der Waals surface area contributed by atoms with Gasteiger partial charge in [-0.05, 0) is 39.0 Å². The molecule has 0 saturated heterocycles. The summed E-state index contributed by atoms with van der Waals surface area (Å²) in [6, 6.07) is 8.40. The maximum absolute atomic E-state index is 4.24. The Kier molecular flexibility index (Phi) is 4.28. The van der Waals surface area contributed by atoms with E-state index in [9.17, 15) is 0 Å². The van der Waals surface area contributed by atoms with Crippen LogP contribution in [-0.4, -0.2) is 17.0 Å². The quantitative estimate of drug-likeness (QED) is 0.877. The largest absolute Gasteiger partial charge is 0.372 e. The predicted molar refractivity (Wildman–Crippen MR) is 87.7 cm³/mol. The van der Waals surface area contributed by atoms with Crippen LogP contribution in [0.5, 0.6) is 0 Å². The van der Waals surface area contributed by atoms with Crippen LogP contribution < -0.4 is 10.6 Å². The van der Waals surface area contributed by atoms with Gasteiger partial charge in [0.05, 0.1) is 0 Å². The number of benzene rings is 1. The van der Waals surface area contributed by atoms with E-state index in [1.165, 1.54) is 11.9 Å². The van der Waals surface area contributed by atoms with E-state index < -0.39 is 0 Å². The molecular formula is C15H19BrN4. The van der Waals surface area contributed by atoms with Crippen molar-refractivity contribution in [2.75, 3.05) is 17.7 Å². The molecule has 2 N–H and O–H groups in total. The monoisotopic (exact) mass is 334 g/mol. The van der Waals surface area contributed by atoms with Crippen molar-refractivity contribution in [1.82, 2.24) is 9.97 Å². The molecule has 106 valence electrons. The maximum Gasteiger partial charge on any atom is 0.150 e. The Morgan fingerprint density at radius 2 is 1.60 bits per heavy atom. The Bertz CT molecular complexity index is 588. The average molecular weight is 335 g/mol. The van der Waals surface area contributed by atoms with Crippen molar-refractivity contribution < 1.29 is 0 Å². The highest BCUT2D eigenvalue weighted by Crippen LogP contribution is 2.29. The van der Waals surface area contributed by atoms with Gasteiger partial charge in [-0.2, -0.15) is 0 Å². The lowest BCUT2D eigenvalue weighted by Crippen LogP contribution is -2.10. The van der Waals surface area contributed by atoms with Crippen LogP contribution in [0.3, 0.4) is 0 Å². The van der Waals surface area contributed by atoms with Crippen LogP contribution in [0.15, 0.2) is 35.1 Å². The van der Waals surface area contributed by atoms with E-state index in [0.717, 1.165) is 21.8 Å². The first-order chi connectivity index (χ1) is 9.41. The number of halogens is 1. The number of nitrogens with one attached hydrogen (secondary N) is 2. The Hall–Kier alpha value is -1.62. The molecule has 2 aromatic rings. The second kappa shape index (κ2) is 5.79. The highest BCUT2D eigenvalue weighted by Gasteiger charge is 2.13. The second-order valence-electron chi connectivity index (χ2n) is 5.59. The molecule has 0 radical (unpaired) electrons. The van der Waals surface area contributed by atoms with E-state index in [0.29, 0.717) is 0 Å². The molecule has 1 heterocycles. The van der Waals surface area contributed by atoms with Crippen molar-refractivity contribution in [2.45, 2.75) is 26.2 Å². The molecule has 0 saturated carbocycles. The van der Waals surface area contributed by atoms with Crippen molar-refractivity contribution in [3.05, 3.63) is 40.6 Å². The summed E-state index contributed by atoms with van der Waals surface area (Å²) in [4.78, 5) is 8.38. The van der Waals surface area contributed by atoms with Crippen LogP contribution >= 0.6 is 15.9 Å². The minimum absolute atomic E-state index is 0.160. The van der Waals surface area contributed by atoms with Gasteiger partial charge in [0.1, 0.15) is 22.4 Å². The number of hydrogen-bond donors (Lipinski definition) is 2. The van der Waals surface area contributed by atoms with E-state index in [1.807, 2.05) is 7.05 Å². The molecule has 0 unspecified atom stereocenters. The number of aromatic nitrogens is 2. The fourth-order valence-electron chi connectivity index (χ4n) is 1.82. The lowest BCUT2D eigenvalue weighted by atomic mass is 9.87. The maximum atomic E-state index is 4.24. The number of nitrogens with zero attached hydrogens (tertiary/aromatic N) is 2. The first kappa shape index (κ1) is 14.8. The molecule has 0 aliphatic carbocycles. The zero-order chi connectivity index (χ0) is 14.8. The summed E-state index contributed by atoms with van der Waals surface area (Å²) in [7, 11) is 1.83. The van der Waals surface area contributed by atoms with E-state index >= 15 is 0 Å². The summed E-state index contributed by atoms with van der Waals surface area (Å²) in [6.07, 6.45) is 1.53. The summed E-state index contributed by atoms with van der Waals surface area (Å²) < 4.78 is 0.822. The van der Waals surface area contributed by atoms with E-state index in [-0.39, 0.29) is 5.41 Å². The van der Waals surface area contributed by atoms with Crippen molar-refractivity contribution in [3.63, 3.8) is 0 Å². The van der Waals surface area contributed by atoms with Crippen molar-refractivity contribution in [1.29, 1.82) is 0 Å². The standard InChI is InChI=1S/C15H19BrN4/c1-15(2,3)10-5-7-11(8-6-10)20-14-12(16)13(17-4)18-9-19-14/h5-9H,1-4H3,(H2,17,18,19,20). The fourth-order valence-corrected chi connectivity index (χ4v) is 2.32. The third kappa shape index (κ3) is 3.28. The van der Waals surface area contributed by atoms with Gasteiger partial charge in [0.2, 0.25) is 0 Å². The minimum atomic E-state index is 0.160. The Balaban J connectivity index is 2.23. The minimum Gasteiger partial charge on any atom is -0.372 e. The van der Waals surface area contributed by atoms with Gasteiger partial charge in [-0.3, -0.25) is 0 Å². The lowest BCUT2D eigenvalue weighted by Gasteiger charge is -2.19. The Morgan fingerprint density at radius 1 is 1.00 bits per heavy atom. The summed E-state index contributed by atoms with van der Waals surface area (Å²) in [5.74, 6) is 1.50. The molecule has 0 fully saturated rings. The predicted octanol–water partition coefficient (Wildman–Crippen LogP) is 4.32. The van der Waals surface area contributed by atoms with Gasteiger partial charge in [-0.25, -0.2) is 9.97 Å². The number of rotatable bonds is 3. The molecule has 0 aliphatic heterocycles. The molecule has 0 amide bonds. The molecule has 0 spiro atoms. The molecule has 20 heavy (non-hydrogen) atoms. The average Bonchev–Trinajstić information content (AvgIpc) is 2.41. The SMILES string of the molecule is CNc1ncnc(Nc2ccc(C(C)(C)C)cc2)c1Br. The summed E-state index contributed by atoms with van der Waals surface area (Å²) >= 11 is 3.50. The van der Waals surface area contributed by atoms with Crippen molar-refractivity contribution in [3.8, 4) is 0 Å². The van der Waals surface area contributed by atoms with Crippen LogP contribution in [0.25, 0.3) is 0 Å². The topological polar surface area (TPSA) is 49.8 Å². The first-order valence-electron chi connectivity index (χ1n) is 6.47. The highest BCUT2D eigenvalue weighted by molar-refractivity contribution is 9.10. The lowest BCUT2D eigenvalue weighted by molar-refractivity contribution is 0.590. The zero-order valence-electron chi connectivity index (χ0n) is 12.2. The first-order valence-corrected chi connectivity index (χ1v) is 7.27. The van der Waals surface area contributed by atoms with Crippen LogP contribution in [-0.2, 0) is 5.41 Å². The van der Waals surface area contributed by atoms with Gasteiger partial charge in [-0.1, -0.05) is 32.9 Å². The molecule has 0 bridgehead atoms. The van der Waals surface area contributed by atoms with E-state index in [1.54, 1.807) is 0 Å². The van der Waals surface area contributed by atoms with Crippen LogP contribution in [0.2, 0.25) is 0 Å². The molecule has 2 rings (SSSR count). The van der Waals surface area contributed by atoms with E-state index in [4.69, 9.17) is 0 Å². The smallest absolute Gasteiger partial charge is 0.150 e. The summed E-state index contributed by atoms with van der Waals surface area (Å²) in [6.45, 7) is 6.61. The molecule has 1 aromatic heterocycles. The Morgan fingerprint density at radius 3 is 2.15 bits per heavy atom. The van der Waals surface area contributed by atoms with Gasteiger partial charge in [0, 0.05) is 12.7 Å². The molecule has 4 nitrogen and oxygen atoms in total. The summed E-state index contributed by atoms with van der Waals surface area (Å²) in [5.41, 5.74) is 2.47. The van der Waals surface area contributed by atoms with Crippen molar-refractivity contribution >= 4 is 33.3 Å². The van der Waals surface area contributed by atoms with Crippen molar-refractivity contribution in [2.24, 2.45) is 0 Å². The molecule has 1 aromatic carbocycles. The molecule has 5 heteroatoms. The highest BCUT2D eigenvalue weighted by atomic mass is 79.9. The van der Waals surface area contributed by atoms with Gasteiger partial charge in [-0.15, -0.1) is 0 Å². The van der Waals surface area contributed by atoms with Gasteiger partial charge in [0.25, 0.3) is 0 Å². The van der Waals surface area contributed by atoms with Gasteiger partial charge >= 0.3 is 0 Å². The second-order valence-corrected chi connectivity index (χ2v) is 6.38. The number of hydrogen-bond acceptors (Lipinski definition) is 4. The van der Waals surface area contributed by atoms with Crippen LogP contribution in [0, 0.1) is 0 Å². The van der Waals surface area contributed by atoms with Gasteiger partial charge < -0.3 is 10.6 Å². The molecular weight excluding hydrogens is 316 g/mol. The molecule has 0 aliphatic rings. The zero-order valence-corrected chi connectivity index (χ0v) is 13.7. The summed E-state index contributed by atoms with van der Waals surface area (Å²) in [5, 5.41) is 6.30. The fraction of sp³-hybridized carbons (Fsp3) is 0.333. The van der Waals surface area contributed by atoms with Crippen LogP contribution in [0.4, 0.5) is 17.3 Å². The van der Waals surface area contributed by atoms with E-state index in [2.05, 4.69) is 81.6 Å². The number of anilines is 3.